The molecule has 142 valence electrons. The zero-order valence-electron chi connectivity index (χ0n) is 13.9. The quantitative estimate of drug-likeness (QED) is 0.677. The van der Waals surface area contributed by atoms with Gasteiger partial charge in [-0.1, -0.05) is 0 Å². The van der Waals surface area contributed by atoms with Crippen molar-refractivity contribution in [2.45, 2.75) is 11.1 Å². The standard InChI is InChI=1S/C17H15F3N4O2S/c18-17(19,20)11-2-4-14(23-8-11)21-5-6-22-16(26)10-1-3-13-12(7-10)24-15(25)9-27-13/h1-4,7-8H,5-6,9H2,(H,21,23)(H,22,26)(H,24,25). The van der Waals surface area contributed by atoms with Crippen LogP contribution in [0.2, 0.25) is 0 Å². The van der Waals surface area contributed by atoms with E-state index in [1.807, 2.05) is 0 Å². The Kier molecular flexibility index (Phi) is 5.54. The van der Waals surface area contributed by atoms with Crippen molar-refractivity contribution >= 4 is 35.1 Å². The molecule has 3 N–H and O–H groups in total. The minimum absolute atomic E-state index is 0.113. The highest BCUT2D eigenvalue weighted by Crippen LogP contribution is 2.32. The number of thioether (sulfide) groups is 1. The van der Waals surface area contributed by atoms with Crippen LogP contribution in [0.5, 0.6) is 0 Å². The Bertz CT molecular complexity index is 856. The molecule has 0 unspecified atom stereocenters. The number of benzene rings is 1. The van der Waals surface area contributed by atoms with E-state index in [0.29, 0.717) is 23.5 Å². The van der Waals surface area contributed by atoms with Crippen LogP contribution in [0.3, 0.4) is 0 Å². The maximum Gasteiger partial charge on any atom is 0.417 e. The monoisotopic (exact) mass is 396 g/mol. The van der Waals surface area contributed by atoms with Gasteiger partial charge in [-0.2, -0.15) is 13.2 Å². The summed E-state index contributed by atoms with van der Waals surface area (Å²) in [6, 6.07) is 7.23. The predicted molar refractivity (Wildman–Crippen MR) is 95.9 cm³/mol. The van der Waals surface area contributed by atoms with E-state index in [4.69, 9.17) is 0 Å². The van der Waals surface area contributed by atoms with Gasteiger partial charge in [0.05, 0.1) is 17.0 Å². The smallest absolute Gasteiger partial charge is 0.368 e. The third-order valence-electron chi connectivity index (χ3n) is 3.68. The third kappa shape index (κ3) is 4.91. The number of rotatable bonds is 5. The lowest BCUT2D eigenvalue weighted by Gasteiger charge is -2.17. The van der Waals surface area contributed by atoms with Gasteiger partial charge in [0, 0.05) is 29.7 Å². The second-order valence-electron chi connectivity index (χ2n) is 5.66. The first-order valence-electron chi connectivity index (χ1n) is 7.95. The molecule has 0 bridgehead atoms. The number of hydrogen-bond acceptors (Lipinski definition) is 5. The molecule has 1 aliphatic heterocycles. The summed E-state index contributed by atoms with van der Waals surface area (Å²) in [6.45, 7) is 0.543. The van der Waals surface area contributed by atoms with Crippen LogP contribution in [0.1, 0.15) is 15.9 Å². The highest BCUT2D eigenvalue weighted by Gasteiger charge is 2.30. The van der Waals surface area contributed by atoms with Gasteiger partial charge in [0.15, 0.2) is 0 Å². The minimum Gasteiger partial charge on any atom is -0.368 e. The van der Waals surface area contributed by atoms with Gasteiger partial charge in [-0.15, -0.1) is 11.8 Å². The maximum atomic E-state index is 12.5. The number of nitrogens with zero attached hydrogens (tertiary/aromatic N) is 1. The fourth-order valence-electron chi connectivity index (χ4n) is 2.36. The molecule has 3 rings (SSSR count). The lowest BCUT2D eigenvalue weighted by Crippen LogP contribution is -2.29. The maximum absolute atomic E-state index is 12.5. The molecule has 10 heteroatoms. The Labute approximate surface area is 156 Å². The Morgan fingerprint density at radius 2 is 2.04 bits per heavy atom. The fourth-order valence-corrected chi connectivity index (χ4v) is 3.15. The largest absolute Gasteiger partial charge is 0.417 e. The number of alkyl halides is 3. The Hall–Kier alpha value is -2.75. The summed E-state index contributed by atoms with van der Waals surface area (Å²) in [7, 11) is 0. The molecule has 2 heterocycles. The molecular formula is C17H15F3N4O2S. The second-order valence-corrected chi connectivity index (χ2v) is 6.68. The van der Waals surface area contributed by atoms with Gasteiger partial charge in [-0.05, 0) is 30.3 Å². The molecule has 0 atom stereocenters. The van der Waals surface area contributed by atoms with Gasteiger partial charge >= 0.3 is 6.18 Å². The lowest BCUT2D eigenvalue weighted by molar-refractivity contribution is -0.137. The number of carbonyl (C=O) groups excluding carboxylic acids is 2. The summed E-state index contributed by atoms with van der Waals surface area (Å²) in [5.74, 6) is 0.205. The van der Waals surface area contributed by atoms with E-state index in [1.165, 1.54) is 17.8 Å². The first-order chi connectivity index (χ1) is 12.8. The van der Waals surface area contributed by atoms with Crippen molar-refractivity contribution in [1.29, 1.82) is 0 Å². The molecule has 6 nitrogen and oxygen atoms in total. The molecule has 2 amide bonds. The Morgan fingerprint density at radius 3 is 2.74 bits per heavy atom. The first-order valence-corrected chi connectivity index (χ1v) is 8.93. The SMILES string of the molecule is O=C1CSc2ccc(C(=O)NCCNc3ccc(C(F)(F)F)cn3)cc2N1. The molecule has 2 aromatic rings. The molecule has 0 saturated heterocycles. The van der Waals surface area contributed by atoms with Crippen molar-refractivity contribution in [1.82, 2.24) is 10.3 Å². The van der Waals surface area contributed by atoms with Gasteiger partial charge in [0.1, 0.15) is 5.82 Å². The highest BCUT2D eigenvalue weighted by molar-refractivity contribution is 8.00. The molecule has 0 saturated carbocycles. The molecule has 1 aliphatic rings. The van der Waals surface area contributed by atoms with Crippen LogP contribution >= 0.6 is 11.8 Å². The van der Waals surface area contributed by atoms with Crippen molar-refractivity contribution in [3.05, 3.63) is 47.7 Å². The van der Waals surface area contributed by atoms with Crippen molar-refractivity contribution in [2.24, 2.45) is 0 Å². The van der Waals surface area contributed by atoms with Gasteiger partial charge in [-0.3, -0.25) is 9.59 Å². The summed E-state index contributed by atoms with van der Waals surface area (Å²) in [5, 5.41) is 8.25. The molecule has 27 heavy (non-hydrogen) atoms. The van der Waals surface area contributed by atoms with Gasteiger partial charge in [0.25, 0.3) is 5.91 Å². The Balaban J connectivity index is 1.48. The number of aromatic nitrogens is 1. The summed E-state index contributed by atoms with van der Waals surface area (Å²) < 4.78 is 37.4. The number of anilines is 2. The highest BCUT2D eigenvalue weighted by atomic mass is 32.2. The number of amides is 2. The molecule has 0 aliphatic carbocycles. The number of fused-ring (bicyclic) bond motifs is 1. The van der Waals surface area contributed by atoms with Crippen molar-refractivity contribution in [2.75, 3.05) is 29.5 Å². The number of halogens is 3. The van der Waals surface area contributed by atoms with E-state index < -0.39 is 11.7 Å². The van der Waals surface area contributed by atoms with Crippen LogP contribution < -0.4 is 16.0 Å². The molecule has 0 spiro atoms. The predicted octanol–water partition coefficient (Wildman–Crippen LogP) is 2.99. The summed E-state index contributed by atoms with van der Waals surface area (Å²) in [4.78, 5) is 28.2. The zero-order valence-corrected chi connectivity index (χ0v) is 14.7. The second kappa shape index (κ2) is 7.87. The summed E-state index contributed by atoms with van der Waals surface area (Å²) in [5.41, 5.74) is 0.194. The molecule has 0 fully saturated rings. The van der Waals surface area contributed by atoms with Gasteiger partial charge in [-0.25, -0.2) is 4.98 Å². The number of hydrogen-bond donors (Lipinski definition) is 3. The average Bonchev–Trinajstić information content (AvgIpc) is 2.64. The third-order valence-corrected chi connectivity index (χ3v) is 4.76. The van der Waals surface area contributed by atoms with Crippen LogP contribution in [0, 0.1) is 0 Å². The van der Waals surface area contributed by atoms with E-state index in [0.717, 1.165) is 17.2 Å². The summed E-state index contributed by atoms with van der Waals surface area (Å²) >= 11 is 1.41. The number of carbonyl (C=O) groups is 2. The van der Waals surface area contributed by atoms with Crippen LogP contribution in [0.25, 0.3) is 0 Å². The van der Waals surface area contributed by atoms with E-state index in [2.05, 4.69) is 20.9 Å². The molecular weight excluding hydrogens is 381 g/mol. The first kappa shape index (κ1) is 19.0. The number of nitrogens with one attached hydrogen (secondary N) is 3. The van der Waals surface area contributed by atoms with Crippen molar-refractivity contribution in [3.63, 3.8) is 0 Å². The average molecular weight is 396 g/mol. The van der Waals surface area contributed by atoms with Gasteiger partial charge in [0.2, 0.25) is 5.91 Å². The molecule has 1 aromatic heterocycles. The van der Waals surface area contributed by atoms with Gasteiger partial charge < -0.3 is 16.0 Å². The van der Waals surface area contributed by atoms with E-state index in [9.17, 15) is 22.8 Å². The van der Waals surface area contributed by atoms with Crippen LogP contribution in [0.4, 0.5) is 24.7 Å². The van der Waals surface area contributed by atoms with Crippen LogP contribution in [0.15, 0.2) is 41.4 Å². The zero-order chi connectivity index (χ0) is 19.4. The van der Waals surface area contributed by atoms with Crippen molar-refractivity contribution < 1.29 is 22.8 Å². The fraction of sp³-hybridized carbons (Fsp3) is 0.235. The van der Waals surface area contributed by atoms with E-state index >= 15 is 0 Å². The number of pyridine rings is 1. The molecule has 0 radical (unpaired) electrons. The van der Waals surface area contributed by atoms with Crippen LogP contribution in [-0.2, 0) is 11.0 Å². The topological polar surface area (TPSA) is 83.1 Å². The van der Waals surface area contributed by atoms with Crippen LogP contribution in [-0.4, -0.2) is 35.6 Å². The summed E-state index contributed by atoms with van der Waals surface area (Å²) in [6.07, 6.45) is -3.67. The lowest BCUT2D eigenvalue weighted by atomic mass is 10.2. The van der Waals surface area contributed by atoms with Crippen molar-refractivity contribution in [3.8, 4) is 0 Å². The Morgan fingerprint density at radius 1 is 1.22 bits per heavy atom. The van der Waals surface area contributed by atoms with E-state index in [-0.39, 0.29) is 24.2 Å². The van der Waals surface area contributed by atoms with E-state index in [1.54, 1.807) is 18.2 Å². The normalized spacial score (nSPS) is 13.5. The minimum atomic E-state index is -4.42. The molecule has 1 aromatic carbocycles.